The van der Waals surface area contributed by atoms with E-state index in [-0.39, 0.29) is 22.4 Å². The number of phenols is 1. The average molecular weight is 464 g/mol. The second kappa shape index (κ2) is 8.48. The van der Waals surface area contributed by atoms with Gasteiger partial charge in [0.25, 0.3) is 5.91 Å². The standard InChI is InChI=1S/C26H22FNO4S/c1-2-32-24-11-7-16(27)13-22(24)19-5-3-4-18-17(9-10-20(18)19)15-6-8-21(23(29)12-15)25-14-26(30)28-33(25)31/h3-8,11-14,17,29H,2,9-10H2,1H3,(H,28,30)/t17-,33?/m1/s1. The van der Waals surface area contributed by atoms with E-state index in [0.29, 0.717) is 17.9 Å². The monoisotopic (exact) mass is 463 g/mol. The van der Waals surface area contributed by atoms with E-state index in [9.17, 15) is 18.5 Å². The van der Waals surface area contributed by atoms with E-state index in [4.69, 9.17) is 4.74 Å². The van der Waals surface area contributed by atoms with E-state index in [1.165, 1.54) is 18.2 Å². The lowest BCUT2D eigenvalue weighted by Crippen LogP contribution is -2.16. The van der Waals surface area contributed by atoms with Gasteiger partial charge in [-0.25, -0.2) is 8.60 Å². The number of hydrogen-bond donors (Lipinski definition) is 2. The molecule has 5 rings (SSSR count). The summed E-state index contributed by atoms with van der Waals surface area (Å²) >= 11 is 0. The summed E-state index contributed by atoms with van der Waals surface area (Å²) in [6.45, 7) is 2.39. The van der Waals surface area contributed by atoms with Crippen molar-refractivity contribution in [1.29, 1.82) is 0 Å². The minimum atomic E-state index is -1.67. The molecule has 33 heavy (non-hydrogen) atoms. The highest BCUT2D eigenvalue weighted by Crippen LogP contribution is 2.45. The van der Waals surface area contributed by atoms with E-state index >= 15 is 0 Å². The lowest BCUT2D eigenvalue weighted by Gasteiger charge is -2.17. The first-order valence-electron chi connectivity index (χ1n) is 10.8. The highest BCUT2D eigenvalue weighted by atomic mass is 32.2. The molecule has 1 aliphatic heterocycles. The van der Waals surface area contributed by atoms with Crippen molar-refractivity contribution < 1.29 is 23.2 Å². The number of hydrogen-bond acceptors (Lipinski definition) is 4. The van der Waals surface area contributed by atoms with E-state index in [1.807, 2.05) is 25.1 Å². The predicted octanol–water partition coefficient (Wildman–Crippen LogP) is 4.81. The summed E-state index contributed by atoms with van der Waals surface area (Å²) in [5.74, 6) is -0.0527. The second-order valence-corrected chi connectivity index (χ2v) is 9.24. The zero-order chi connectivity index (χ0) is 23.1. The molecule has 2 aliphatic rings. The molecule has 1 aliphatic carbocycles. The van der Waals surface area contributed by atoms with Gasteiger partial charge in [0.1, 0.15) is 17.3 Å². The SMILES string of the molecule is CCOc1ccc(F)cc1-c1cccc2c1CC[C@@H]2c1ccc(C2=CC(=O)NS2=O)c(O)c1. The Balaban J connectivity index is 1.53. The summed E-state index contributed by atoms with van der Waals surface area (Å²) in [6.07, 6.45) is 2.91. The number of halogens is 1. The molecular weight excluding hydrogens is 441 g/mol. The molecule has 0 saturated heterocycles. The molecule has 1 unspecified atom stereocenters. The third-order valence-corrected chi connectivity index (χ3v) is 7.27. The Morgan fingerprint density at radius 2 is 1.97 bits per heavy atom. The largest absolute Gasteiger partial charge is 0.507 e. The van der Waals surface area contributed by atoms with Gasteiger partial charge in [-0.15, -0.1) is 0 Å². The third-order valence-electron chi connectivity index (χ3n) is 6.15. The fraction of sp³-hybridized carbons (Fsp3) is 0.192. The summed E-state index contributed by atoms with van der Waals surface area (Å²) in [5, 5.41) is 10.7. The number of phenolic OH excluding ortho intramolecular Hbond substituents is 1. The molecule has 168 valence electrons. The van der Waals surface area contributed by atoms with Gasteiger partial charge in [0.2, 0.25) is 0 Å². The van der Waals surface area contributed by atoms with Crippen molar-refractivity contribution in [2.75, 3.05) is 6.61 Å². The van der Waals surface area contributed by atoms with Gasteiger partial charge in [0.15, 0.2) is 11.0 Å². The molecule has 0 spiro atoms. The number of aromatic hydroxyl groups is 1. The molecule has 1 amide bonds. The second-order valence-electron chi connectivity index (χ2n) is 8.06. The van der Waals surface area contributed by atoms with Crippen molar-refractivity contribution in [2.45, 2.75) is 25.7 Å². The molecule has 0 radical (unpaired) electrons. The smallest absolute Gasteiger partial charge is 0.257 e. The normalized spacial score (nSPS) is 19.2. The zero-order valence-electron chi connectivity index (χ0n) is 17.9. The molecule has 0 aromatic heterocycles. The Kier molecular flexibility index (Phi) is 5.50. The van der Waals surface area contributed by atoms with Crippen LogP contribution in [0.1, 0.15) is 41.5 Å². The van der Waals surface area contributed by atoms with Gasteiger partial charge < -0.3 is 9.84 Å². The Bertz CT molecular complexity index is 1330. The van der Waals surface area contributed by atoms with E-state index < -0.39 is 16.9 Å². The van der Waals surface area contributed by atoms with Crippen molar-refractivity contribution in [3.05, 3.63) is 88.7 Å². The maximum Gasteiger partial charge on any atom is 0.257 e. The summed E-state index contributed by atoms with van der Waals surface area (Å²) in [7, 11) is -1.67. The Morgan fingerprint density at radius 1 is 1.12 bits per heavy atom. The number of carbonyl (C=O) groups is 1. The maximum absolute atomic E-state index is 14.1. The van der Waals surface area contributed by atoms with Crippen LogP contribution in [0.3, 0.4) is 0 Å². The highest BCUT2D eigenvalue weighted by molar-refractivity contribution is 7.94. The highest BCUT2D eigenvalue weighted by Gasteiger charge is 2.29. The van der Waals surface area contributed by atoms with Crippen LogP contribution in [0, 0.1) is 5.82 Å². The summed E-state index contributed by atoms with van der Waals surface area (Å²) in [4.78, 5) is 11.8. The van der Waals surface area contributed by atoms with E-state index in [0.717, 1.165) is 40.7 Å². The van der Waals surface area contributed by atoms with E-state index in [1.54, 1.807) is 18.2 Å². The van der Waals surface area contributed by atoms with Crippen LogP contribution in [-0.4, -0.2) is 21.8 Å². The molecule has 7 heteroatoms. The summed E-state index contributed by atoms with van der Waals surface area (Å²) < 4.78 is 34.2. The van der Waals surface area contributed by atoms with Crippen LogP contribution >= 0.6 is 0 Å². The van der Waals surface area contributed by atoms with Gasteiger partial charge in [-0.1, -0.05) is 24.3 Å². The molecular formula is C26H22FNO4S. The van der Waals surface area contributed by atoms with Crippen molar-refractivity contribution in [3.8, 4) is 22.6 Å². The lowest BCUT2D eigenvalue weighted by atomic mass is 9.90. The third kappa shape index (κ3) is 3.82. The molecule has 5 nitrogen and oxygen atoms in total. The predicted molar refractivity (Wildman–Crippen MR) is 126 cm³/mol. The Hall–Kier alpha value is -3.45. The van der Waals surface area contributed by atoms with Gasteiger partial charge >= 0.3 is 0 Å². The van der Waals surface area contributed by atoms with Crippen LogP contribution in [0.5, 0.6) is 11.5 Å². The number of benzene rings is 3. The first-order valence-corrected chi connectivity index (χ1v) is 11.9. The molecule has 0 fully saturated rings. The van der Waals surface area contributed by atoms with Crippen molar-refractivity contribution in [1.82, 2.24) is 4.72 Å². The molecule has 2 N–H and O–H groups in total. The van der Waals surface area contributed by atoms with Crippen LogP contribution < -0.4 is 9.46 Å². The Morgan fingerprint density at radius 3 is 2.70 bits per heavy atom. The molecule has 0 saturated carbocycles. The number of nitrogens with one attached hydrogen (secondary N) is 1. The van der Waals surface area contributed by atoms with E-state index in [2.05, 4.69) is 10.8 Å². The quantitative estimate of drug-likeness (QED) is 0.570. The van der Waals surface area contributed by atoms with Crippen molar-refractivity contribution in [3.63, 3.8) is 0 Å². The fourth-order valence-electron chi connectivity index (χ4n) is 4.75. The van der Waals surface area contributed by atoms with Crippen molar-refractivity contribution >= 4 is 21.8 Å². The maximum atomic E-state index is 14.1. The zero-order valence-corrected chi connectivity index (χ0v) is 18.7. The van der Waals surface area contributed by atoms with Crippen LogP contribution in [0.15, 0.2) is 60.7 Å². The van der Waals surface area contributed by atoms with Crippen molar-refractivity contribution in [2.24, 2.45) is 0 Å². The first kappa shape index (κ1) is 21.4. The summed E-state index contributed by atoms with van der Waals surface area (Å²) in [6, 6.07) is 15.9. The van der Waals surface area contributed by atoms with Gasteiger partial charge in [0, 0.05) is 23.1 Å². The number of ether oxygens (including phenoxy) is 1. The van der Waals surface area contributed by atoms with Crippen LogP contribution in [-0.2, 0) is 22.2 Å². The first-order chi connectivity index (χ1) is 16.0. The minimum Gasteiger partial charge on any atom is -0.507 e. The molecule has 3 aromatic carbocycles. The molecule has 3 aromatic rings. The lowest BCUT2D eigenvalue weighted by molar-refractivity contribution is -0.114. The number of fused-ring (bicyclic) bond motifs is 1. The number of amides is 1. The number of carbonyl (C=O) groups excluding carboxylic acids is 1. The van der Waals surface area contributed by atoms with Gasteiger partial charge in [-0.05, 0) is 72.4 Å². The van der Waals surface area contributed by atoms with Crippen LogP contribution in [0.2, 0.25) is 0 Å². The van der Waals surface area contributed by atoms with Crippen LogP contribution in [0.25, 0.3) is 16.0 Å². The van der Waals surface area contributed by atoms with Gasteiger partial charge in [-0.2, -0.15) is 0 Å². The molecule has 1 heterocycles. The number of rotatable bonds is 5. The summed E-state index contributed by atoms with van der Waals surface area (Å²) in [5.41, 5.74) is 5.28. The minimum absolute atomic E-state index is 0.0167. The molecule has 0 bridgehead atoms. The van der Waals surface area contributed by atoms with Crippen LogP contribution in [0.4, 0.5) is 4.39 Å². The average Bonchev–Trinajstić information content (AvgIpc) is 3.37. The fourth-order valence-corrected chi connectivity index (χ4v) is 5.68. The van der Waals surface area contributed by atoms with Gasteiger partial charge in [-0.3, -0.25) is 9.52 Å². The topological polar surface area (TPSA) is 75.6 Å². The Labute approximate surface area is 193 Å². The van der Waals surface area contributed by atoms with Gasteiger partial charge in [0.05, 0.1) is 11.5 Å². The molecule has 2 atom stereocenters.